The molecule has 0 saturated carbocycles. The molecular formula is C14H16F2N4. The van der Waals surface area contributed by atoms with E-state index in [-0.39, 0.29) is 12.0 Å². The minimum Gasteiger partial charge on any atom is -0.354 e. The van der Waals surface area contributed by atoms with Gasteiger partial charge in [-0.2, -0.15) is 10.1 Å². The van der Waals surface area contributed by atoms with Crippen LogP contribution < -0.4 is 5.32 Å². The molecule has 6 heteroatoms. The molecule has 1 atom stereocenters. The maximum atomic E-state index is 14.0. The van der Waals surface area contributed by atoms with Crippen molar-refractivity contribution in [1.29, 1.82) is 0 Å². The van der Waals surface area contributed by atoms with Crippen molar-refractivity contribution in [1.82, 2.24) is 14.8 Å². The molecule has 1 N–H and O–H groups in total. The molecule has 0 radical (unpaired) electrons. The van der Waals surface area contributed by atoms with Gasteiger partial charge in [-0.1, -0.05) is 13.8 Å². The van der Waals surface area contributed by atoms with E-state index in [9.17, 15) is 8.78 Å². The van der Waals surface area contributed by atoms with Crippen molar-refractivity contribution >= 4 is 5.95 Å². The molecule has 2 aromatic rings. The third-order valence-electron chi connectivity index (χ3n) is 3.48. The molecule has 0 saturated heterocycles. The normalized spacial score (nSPS) is 17.9. The number of hydrogen-bond donors (Lipinski definition) is 1. The second kappa shape index (κ2) is 4.85. The van der Waals surface area contributed by atoms with Gasteiger partial charge in [0.2, 0.25) is 5.95 Å². The zero-order valence-corrected chi connectivity index (χ0v) is 11.4. The fraction of sp³-hybridized carbons (Fsp3) is 0.429. The quantitative estimate of drug-likeness (QED) is 0.918. The lowest BCUT2D eigenvalue weighted by Gasteiger charge is -2.25. The van der Waals surface area contributed by atoms with Crippen LogP contribution in [0.2, 0.25) is 0 Å². The van der Waals surface area contributed by atoms with Crippen LogP contribution in [-0.4, -0.2) is 21.3 Å². The predicted molar refractivity (Wildman–Crippen MR) is 71.7 cm³/mol. The van der Waals surface area contributed by atoms with Crippen LogP contribution in [0.5, 0.6) is 0 Å². The molecule has 1 aromatic heterocycles. The number of nitrogens with zero attached hydrogens (tertiary/aromatic N) is 3. The van der Waals surface area contributed by atoms with E-state index in [1.165, 1.54) is 6.07 Å². The summed E-state index contributed by atoms with van der Waals surface area (Å²) in [7, 11) is 0. The first-order valence-corrected chi connectivity index (χ1v) is 6.71. The fourth-order valence-electron chi connectivity index (χ4n) is 2.42. The summed E-state index contributed by atoms with van der Waals surface area (Å²) in [5.41, 5.74) is 0.327. The average Bonchev–Trinajstić information content (AvgIpc) is 2.85. The van der Waals surface area contributed by atoms with Crippen molar-refractivity contribution in [2.45, 2.75) is 32.2 Å². The Balaban J connectivity index is 2.07. The molecule has 4 nitrogen and oxygen atoms in total. The van der Waals surface area contributed by atoms with Gasteiger partial charge in [0.05, 0.1) is 6.04 Å². The van der Waals surface area contributed by atoms with Crippen molar-refractivity contribution in [3.8, 4) is 0 Å². The smallest absolute Gasteiger partial charge is 0.221 e. The van der Waals surface area contributed by atoms with Gasteiger partial charge in [0.1, 0.15) is 11.6 Å². The molecular weight excluding hydrogens is 262 g/mol. The van der Waals surface area contributed by atoms with Crippen LogP contribution in [0.1, 0.15) is 43.6 Å². The molecule has 0 fully saturated rings. The Hall–Kier alpha value is -1.98. The van der Waals surface area contributed by atoms with Gasteiger partial charge in [-0.05, 0) is 24.6 Å². The summed E-state index contributed by atoms with van der Waals surface area (Å²) in [6.07, 6.45) is 0.647. The molecule has 2 heterocycles. The predicted octanol–water partition coefficient (Wildman–Crippen LogP) is 3.08. The summed E-state index contributed by atoms with van der Waals surface area (Å²) in [5.74, 6) is 0.661. The van der Waals surface area contributed by atoms with E-state index in [4.69, 9.17) is 0 Å². The van der Waals surface area contributed by atoms with Crippen LogP contribution in [0.25, 0.3) is 0 Å². The van der Waals surface area contributed by atoms with E-state index in [0.717, 1.165) is 12.1 Å². The third-order valence-corrected chi connectivity index (χ3v) is 3.48. The highest BCUT2D eigenvalue weighted by Gasteiger charge is 2.27. The van der Waals surface area contributed by atoms with Gasteiger partial charge in [-0.3, -0.25) is 0 Å². The molecule has 20 heavy (non-hydrogen) atoms. The molecule has 0 aliphatic carbocycles. The van der Waals surface area contributed by atoms with Crippen LogP contribution in [-0.2, 0) is 0 Å². The fourth-order valence-corrected chi connectivity index (χ4v) is 2.42. The number of halogens is 2. The van der Waals surface area contributed by atoms with Gasteiger partial charge in [0.15, 0.2) is 5.82 Å². The summed E-state index contributed by atoms with van der Waals surface area (Å²) in [6.45, 7) is 4.66. The molecule has 0 spiro atoms. The first-order valence-electron chi connectivity index (χ1n) is 6.71. The standard InChI is InChI=1S/C14H16F2N4/c1-8(2)13-18-14-17-6-5-12(20(14)19-13)10-7-9(15)3-4-11(10)16/h3-4,7-8,12H,5-6H2,1-2H3,(H,17,18,19). The molecule has 0 amide bonds. The van der Waals surface area contributed by atoms with Crippen molar-refractivity contribution < 1.29 is 8.78 Å². The van der Waals surface area contributed by atoms with Crippen LogP contribution in [0.15, 0.2) is 18.2 Å². The van der Waals surface area contributed by atoms with E-state index in [1.54, 1.807) is 4.68 Å². The van der Waals surface area contributed by atoms with Crippen LogP contribution in [0.3, 0.4) is 0 Å². The lowest BCUT2D eigenvalue weighted by atomic mass is 10.0. The largest absolute Gasteiger partial charge is 0.354 e. The second-order valence-electron chi connectivity index (χ2n) is 5.29. The Kier molecular flexibility index (Phi) is 3.16. The minimum atomic E-state index is -0.439. The monoisotopic (exact) mass is 278 g/mol. The Morgan fingerprint density at radius 3 is 2.90 bits per heavy atom. The van der Waals surface area contributed by atoms with Gasteiger partial charge in [-0.15, -0.1) is 0 Å². The number of aromatic nitrogens is 3. The van der Waals surface area contributed by atoms with E-state index in [2.05, 4.69) is 15.4 Å². The topological polar surface area (TPSA) is 42.7 Å². The first-order chi connectivity index (χ1) is 9.56. The lowest BCUT2D eigenvalue weighted by Crippen LogP contribution is -2.25. The molecule has 1 aliphatic heterocycles. The number of benzene rings is 1. The Labute approximate surface area is 115 Å². The highest BCUT2D eigenvalue weighted by molar-refractivity contribution is 5.34. The second-order valence-corrected chi connectivity index (χ2v) is 5.29. The Morgan fingerprint density at radius 2 is 2.15 bits per heavy atom. The van der Waals surface area contributed by atoms with Crippen LogP contribution >= 0.6 is 0 Å². The van der Waals surface area contributed by atoms with Gasteiger partial charge in [0.25, 0.3) is 0 Å². The van der Waals surface area contributed by atoms with Crippen LogP contribution in [0, 0.1) is 11.6 Å². The van der Waals surface area contributed by atoms with E-state index in [0.29, 0.717) is 30.3 Å². The summed E-state index contributed by atoms with van der Waals surface area (Å²) in [5, 5.41) is 7.58. The third kappa shape index (κ3) is 2.15. The minimum absolute atomic E-state index is 0.188. The Bertz CT molecular complexity index is 636. The van der Waals surface area contributed by atoms with Gasteiger partial charge in [0, 0.05) is 18.0 Å². The van der Waals surface area contributed by atoms with Crippen molar-refractivity contribution in [3.05, 3.63) is 41.2 Å². The van der Waals surface area contributed by atoms with E-state index < -0.39 is 11.6 Å². The zero-order valence-electron chi connectivity index (χ0n) is 11.4. The van der Waals surface area contributed by atoms with Crippen molar-refractivity contribution in [2.24, 2.45) is 0 Å². The summed E-state index contributed by atoms with van der Waals surface area (Å²) >= 11 is 0. The maximum Gasteiger partial charge on any atom is 0.221 e. The zero-order chi connectivity index (χ0) is 14.3. The molecule has 0 bridgehead atoms. The average molecular weight is 278 g/mol. The number of rotatable bonds is 2. The lowest BCUT2D eigenvalue weighted by molar-refractivity contribution is 0.450. The SMILES string of the molecule is CC(C)c1nc2n(n1)C(c1cc(F)ccc1F)CCN2. The number of anilines is 1. The highest BCUT2D eigenvalue weighted by atomic mass is 19.1. The molecule has 3 rings (SSSR count). The summed E-state index contributed by atoms with van der Waals surface area (Å²) in [4.78, 5) is 4.40. The molecule has 106 valence electrons. The number of fused-ring (bicyclic) bond motifs is 1. The molecule has 1 aromatic carbocycles. The van der Waals surface area contributed by atoms with Gasteiger partial charge >= 0.3 is 0 Å². The Morgan fingerprint density at radius 1 is 1.35 bits per heavy atom. The number of nitrogens with one attached hydrogen (secondary N) is 1. The van der Waals surface area contributed by atoms with Gasteiger partial charge < -0.3 is 5.32 Å². The van der Waals surface area contributed by atoms with Crippen molar-refractivity contribution in [2.75, 3.05) is 11.9 Å². The highest BCUT2D eigenvalue weighted by Crippen LogP contribution is 2.31. The molecule has 1 unspecified atom stereocenters. The van der Waals surface area contributed by atoms with E-state index >= 15 is 0 Å². The van der Waals surface area contributed by atoms with Crippen molar-refractivity contribution in [3.63, 3.8) is 0 Å². The molecule has 1 aliphatic rings. The summed E-state index contributed by atoms with van der Waals surface area (Å²) < 4.78 is 29.0. The van der Waals surface area contributed by atoms with Crippen LogP contribution in [0.4, 0.5) is 14.7 Å². The number of hydrogen-bond acceptors (Lipinski definition) is 3. The first kappa shape index (κ1) is 13.0. The summed E-state index contributed by atoms with van der Waals surface area (Å²) in [6, 6.07) is 3.21. The van der Waals surface area contributed by atoms with E-state index in [1.807, 2.05) is 13.8 Å². The van der Waals surface area contributed by atoms with Gasteiger partial charge in [-0.25, -0.2) is 13.5 Å². The maximum absolute atomic E-state index is 14.0.